The second-order valence-corrected chi connectivity index (χ2v) is 5.55. The maximum absolute atomic E-state index is 3.56. The zero-order chi connectivity index (χ0) is 14.2. The number of fused-ring (bicyclic) bond motifs is 1. The fraction of sp³-hybridized carbons (Fsp3) is 0.647. The topological polar surface area (TPSA) is 27.3 Å². The first kappa shape index (κ1) is 15.3. The van der Waals surface area contributed by atoms with E-state index in [1.165, 1.54) is 29.7 Å². The van der Waals surface area contributed by atoms with Crippen molar-refractivity contribution in [2.24, 2.45) is 0 Å². The molecule has 20 heavy (non-hydrogen) atoms. The number of hydrogen-bond donors (Lipinski definition) is 2. The summed E-state index contributed by atoms with van der Waals surface area (Å²) in [7, 11) is 0. The van der Waals surface area contributed by atoms with Crippen LogP contribution in [0.25, 0.3) is 0 Å². The molecule has 0 bridgehead atoms. The highest BCUT2D eigenvalue weighted by molar-refractivity contribution is 5.54. The molecule has 112 valence electrons. The van der Waals surface area contributed by atoms with Gasteiger partial charge in [0.15, 0.2) is 0 Å². The van der Waals surface area contributed by atoms with Crippen LogP contribution in [0.4, 0.5) is 5.69 Å². The van der Waals surface area contributed by atoms with Gasteiger partial charge in [-0.2, -0.15) is 0 Å². The van der Waals surface area contributed by atoms with E-state index >= 15 is 0 Å². The number of rotatable bonds is 8. The van der Waals surface area contributed by atoms with Gasteiger partial charge in [-0.05, 0) is 56.1 Å². The molecule has 0 saturated heterocycles. The molecule has 1 aromatic rings. The van der Waals surface area contributed by atoms with Crippen LogP contribution in [0.2, 0.25) is 0 Å². The molecule has 2 rings (SSSR count). The maximum atomic E-state index is 3.56. The van der Waals surface area contributed by atoms with Gasteiger partial charge in [-0.25, -0.2) is 0 Å². The fourth-order valence-electron chi connectivity index (χ4n) is 2.82. The van der Waals surface area contributed by atoms with E-state index in [4.69, 9.17) is 0 Å². The largest absolute Gasteiger partial charge is 0.385 e. The quantitative estimate of drug-likeness (QED) is 0.714. The third-order valence-corrected chi connectivity index (χ3v) is 4.20. The van der Waals surface area contributed by atoms with E-state index in [0.717, 1.165) is 45.7 Å². The molecule has 0 atom stereocenters. The summed E-state index contributed by atoms with van der Waals surface area (Å²) < 4.78 is 0. The molecule has 1 aliphatic heterocycles. The van der Waals surface area contributed by atoms with Crippen LogP contribution >= 0.6 is 0 Å². The van der Waals surface area contributed by atoms with Gasteiger partial charge < -0.3 is 15.5 Å². The van der Waals surface area contributed by atoms with Crippen LogP contribution in [-0.2, 0) is 12.8 Å². The van der Waals surface area contributed by atoms with E-state index in [9.17, 15) is 0 Å². The van der Waals surface area contributed by atoms with Crippen molar-refractivity contribution in [3.05, 3.63) is 29.3 Å². The van der Waals surface area contributed by atoms with Gasteiger partial charge in [0.2, 0.25) is 0 Å². The molecule has 0 saturated carbocycles. The Kier molecular flexibility index (Phi) is 6.34. The summed E-state index contributed by atoms with van der Waals surface area (Å²) in [6.45, 7) is 11.2. The highest BCUT2D eigenvalue weighted by Gasteiger charge is 2.08. The second-order valence-electron chi connectivity index (χ2n) is 5.55. The summed E-state index contributed by atoms with van der Waals surface area (Å²) in [4.78, 5) is 2.46. The lowest BCUT2D eigenvalue weighted by molar-refractivity contribution is 0.303. The predicted molar refractivity (Wildman–Crippen MR) is 87.6 cm³/mol. The minimum absolute atomic E-state index is 1.08. The molecule has 3 nitrogen and oxygen atoms in total. The van der Waals surface area contributed by atoms with Gasteiger partial charge >= 0.3 is 0 Å². The first-order valence-electron chi connectivity index (χ1n) is 8.12. The summed E-state index contributed by atoms with van der Waals surface area (Å²) in [5.74, 6) is 0. The van der Waals surface area contributed by atoms with Crippen LogP contribution in [0.1, 0.15) is 31.4 Å². The molecule has 0 unspecified atom stereocenters. The van der Waals surface area contributed by atoms with Crippen LogP contribution in [0.15, 0.2) is 18.2 Å². The summed E-state index contributed by atoms with van der Waals surface area (Å²) in [5.41, 5.74) is 4.30. The first-order valence-corrected chi connectivity index (χ1v) is 8.12. The maximum Gasteiger partial charge on any atom is 0.0372 e. The molecule has 2 N–H and O–H groups in total. The molecule has 1 aliphatic rings. The van der Waals surface area contributed by atoms with Crippen LogP contribution in [0, 0.1) is 0 Å². The van der Waals surface area contributed by atoms with Crippen molar-refractivity contribution in [1.82, 2.24) is 10.2 Å². The molecule has 1 aromatic carbocycles. The molecule has 0 spiro atoms. The van der Waals surface area contributed by atoms with Gasteiger partial charge in [-0.15, -0.1) is 0 Å². The fourth-order valence-corrected chi connectivity index (χ4v) is 2.82. The summed E-state index contributed by atoms with van der Waals surface area (Å²) >= 11 is 0. The molecule has 0 aromatic heterocycles. The van der Waals surface area contributed by atoms with Crippen molar-refractivity contribution in [3.8, 4) is 0 Å². The minimum atomic E-state index is 1.08. The van der Waals surface area contributed by atoms with E-state index in [1.54, 1.807) is 0 Å². The van der Waals surface area contributed by atoms with Crippen molar-refractivity contribution in [3.63, 3.8) is 0 Å². The van der Waals surface area contributed by atoms with Gasteiger partial charge in [-0.1, -0.05) is 26.0 Å². The molecule has 3 heteroatoms. The van der Waals surface area contributed by atoms with Gasteiger partial charge in [0, 0.05) is 25.3 Å². The van der Waals surface area contributed by atoms with E-state index in [1.807, 2.05) is 0 Å². The Morgan fingerprint density at radius 3 is 2.85 bits per heavy atom. The SMILES string of the molecule is CCN(CC)CCNCCc1ccc2c(c1)CCCN2. The van der Waals surface area contributed by atoms with Gasteiger partial charge in [0.25, 0.3) is 0 Å². The molecule has 0 fully saturated rings. The monoisotopic (exact) mass is 275 g/mol. The molecule has 0 radical (unpaired) electrons. The Morgan fingerprint density at radius 2 is 2.05 bits per heavy atom. The lowest BCUT2D eigenvalue weighted by Gasteiger charge is -2.19. The van der Waals surface area contributed by atoms with Crippen LogP contribution in [0.5, 0.6) is 0 Å². The first-order chi connectivity index (χ1) is 9.83. The lowest BCUT2D eigenvalue weighted by atomic mass is 9.99. The van der Waals surface area contributed by atoms with Crippen molar-refractivity contribution < 1.29 is 0 Å². The van der Waals surface area contributed by atoms with Gasteiger partial charge in [0.1, 0.15) is 0 Å². The average molecular weight is 275 g/mol. The van der Waals surface area contributed by atoms with E-state index in [2.05, 4.69) is 47.6 Å². The molecular formula is C17H29N3. The third kappa shape index (κ3) is 4.50. The van der Waals surface area contributed by atoms with Gasteiger partial charge in [0.05, 0.1) is 0 Å². The Labute approximate surface area is 123 Å². The third-order valence-electron chi connectivity index (χ3n) is 4.20. The second kappa shape index (κ2) is 8.28. The standard InChI is InChI=1S/C17H29N3/c1-3-20(4-2)13-12-18-11-9-15-7-8-17-16(14-15)6-5-10-19-17/h7-8,14,18-19H,3-6,9-13H2,1-2H3. The number of benzene rings is 1. The van der Waals surface area contributed by atoms with Crippen LogP contribution < -0.4 is 10.6 Å². The molecular weight excluding hydrogens is 246 g/mol. The summed E-state index contributed by atoms with van der Waals surface area (Å²) in [5, 5.41) is 7.03. The summed E-state index contributed by atoms with van der Waals surface area (Å²) in [6, 6.07) is 6.90. The van der Waals surface area contributed by atoms with E-state index < -0.39 is 0 Å². The van der Waals surface area contributed by atoms with Crippen molar-refractivity contribution in [1.29, 1.82) is 0 Å². The van der Waals surface area contributed by atoms with E-state index in [0.29, 0.717) is 0 Å². The molecule has 0 amide bonds. The smallest absolute Gasteiger partial charge is 0.0372 e. The Balaban J connectivity index is 1.69. The number of aryl methyl sites for hydroxylation is 1. The van der Waals surface area contributed by atoms with Gasteiger partial charge in [-0.3, -0.25) is 0 Å². The minimum Gasteiger partial charge on any atom is -0.385 e. The Hall–Kier alpha value is -1.06. The van der Waals surface area contributed by atoms with Crippen molar-refractivity contribution in [2.45, 2.75) is 33.1 Å². The normalized spacial score (nSPS) is 14.2. The highest BCUT2D eigenvalue weighted by Crippen LogP contribution is 2.22. The Morgan fingerprint density at radius 1 is 1.20 bits per heavy atom. The lowest BCUT2D eigenvalue weighted by Crippen LogP contribution is -2.32. The number of nitrogens with zero attached hydrogens (tertiary/aromatic N) is 1. The van der Waals surface area contributed by atoms with Crippen molar-refractivity contribution >= 4 is 5.69 Å². The predicted octanol–water partition coefficient (Wildman–Crippen LogP) is 2.52. The summed E-state index contributed by atoms with van der Waals surface area (Å²) in [6.07, 6.45) is 3.62. The number of hydrogen-bond acceptors (Lipinski definition) is 3. The van der Waals surface area contributed by atoms with Crippen molar-refractivity contribution in [2.75, 3.05) is 44.6 Å². The highest BCUT2D eigenvalue weighted by atomic mass is 15.1. The van der Waals surface area contributed by atoms with Crippen LogP contribution in [-0.4, -0.2) is 44.2 Å². The van der Waals surface area contributed by atoms with E-state index in [-0.39, 0.29) is 0 Å². The zero-order valence-electron chi connectivity index (χ0n) is 13.0. The average Bonchev–Trinajstić information content (AvgIpc) is 2.51. The Bertz CT molecular complexity index is 399. The number of likely N-dealkylation sites (N-methyl/N-ethyl adjacent to an activating group) is 1. The van der Waals surface area contributed by atoms with Crippen LogP contribution in [0.3, 0.4) is 0 Å². The number of anilines is 1. The molecule has 1 heterocycles. The zero-order valence-corrected chi connectivity index (χ0v) is 13.0. The number of nitrogens with one attached hydrogen (secondary N) is 2. The molecule has 0 aliphatic carbocycles.